The van der Waals surface area contributed by atoms with Crippen LogP contribution in [0, 0.1) is 6.92 Å². The van der Waals surface area contributed by atoms with Crippen LogP contribution in [0.4, 0.5) is 11.4 Å². The third kappa shape index (κ3) is 3.39. The van der Waals surface area contributed by atoms with Crippen molar-refractivity contribution in [3.05, 3.63) is 47.5 Å². The predicted octanol–water partition coefficient (Wildman–Crippen LogP) is 3.42. The quantitative estimate of drug-likeness (QED) is 0.859. The Balaban J connectivity index is 1.97. The predicted molar refractivity (Wildman–Crippen MR) is 101 cm³/mol. The highest BCUT2D eigenvalue weighted by molar-refractivity contribution is 7.92. The van der Waals surface area contributed by atoms with E-state index in [4.69, 9.17) is 4.74 Å². The largest absolute Gasteiger partial charge is 0.497 e. The number of methoxy groups -OCH3 is 1. The van der Waals surface area contributed by atoms with E-state index in [1.54, 1.807) is 37.4 Å². The normalized spacial score (nSPS) is 15.8. The summed E-state index contributed by atoms with van der Waals surface area (Å²) in [5, 5.41) is 2.80. The van der Waals surface area contributed by atoms with Gasteiger partial charge in [0.25, 0.3) is 10.0 Å². The lowest BCUT2D eigenvalue weighted by Crippen LogP contribution is -2.32. The molecule has 1 aliphatic rings. The summed E-state index contributed by atoms with van der Waals surface area (Å²) in [4.78, 5) is 12.0. The molecule has 3 rings (SSSR count). The summed E-state index contributed by atoms with van der Waals surface area (Å²) in [6.07, 6.45) is 0.314. The van der Waals surface area contributed by atoms with Crippen molar-refractivity contribution in [1.82, 2.24) is 0 Å². The van der Waals surface area contributed by atoms with Gasteiger partial charge in [-0.05, 0) is 54.4 Å². The number of sulfonamides is 1. The summed E-state index contributed by atoms with van der Waals surface area (Å²) in [6, 6.07) is 9.93. The van der Waals surface area contributed by atoms with Crippen LogP contribution >= 0.6 is 0 Å². The van der Waals surface area contributed by atoms with Crippen molar-refractivity contribution in [2.24, 2.45) is 0 Å². The molecule has 0 unspecified atom stereocenters. The first-order valence-electron chi connectivity index (χ1n) is 8.24. The first-order valence-corrected chi connectivity index (χ1v) is 9.72. The van der Waals surface area contributed by atoms with E-state index in [-0.39, 0.29) is 10.8 Å². The Morgan fingerprint density at radius 1 is 1.15 bits per heavy atom. The summed E-state index contributed by atoms with van der Waals surface area (Å²) >= 11 is 0. The fourth-order valence-electron chi connectivity index (χ4n) is 3.13. The number of hydrogen-bond donors (Lipinski definition) is 2. The fraction of sp³-hybridized carbons (Fsp3) is 0.316. The highest BCUT2D eigenvalue weighted by Crippen LogP contribution is 2.38. The molecule has 0 saturated carbocycles. The Morgan fingerprint density at radius 2 is 1.88 bits per heavy atom. The fourth-order valence-corrected chi connectivity index (χ4v) is 4.29. The minimum absolute atomic E-state index is 0.0647. The van der Waals surface area contributed by atoms with Crippen molar-refractivity contribution in [2.45, 2.75) is 37.5 Å². The molecule has 6 nitrogen and oxygen atoms in total. The Labute approximate surface area is 153 Å². The van der Waals surface area contributed by atoms with Crippen molar-refractivity contribution in [2.75, 3.05) is 17.1 Å². The molecule has 2 aromatic carbocycles. The van der Waals surface area contributed by atoms with E-state index in [0.29, 0.717) is 23.5 Å². The summed E-state index contributed by atoms with van der Waals surface area (Å²) in [6.45, 7) is 5.68. The SMILES string of the molecule is COc1ccc(NS(=O)(=O)c2ccc3c(c2)C(C)(C)CC(=O)N3)c(C)c1. The maximum Gasteiger partial charge on any atom is 0.261 e. The van der Waals surface area contributed by atoms with Crippen molar-refractivity contribution >= 4 is 27.3 Å². The summed E-state index contributed by atoms with van der Waals surface area (Å²) in [7, 11) is -2.19. The summed E-state index contributed by atoms with van der Waals surface area (Å²) in [5.74, 6) is 0.599. The molecule has 0 radical (unpaired) electrons. The lowest BCUT2D eigenvalue weighted by Gasteiger charge is -2.32. The topological polar surface area (TPSA) is 84.5 Å². The summed E-state index contributed by atoms with van der Waals surface area (Å²) < 4.78 is 33.5. The Morgan fingerprint density at radius 3 is 2.54 bits per heavy atom. The average Bonchev–Trinajstić information content (AvgIpc) is 2.55. The van der Waals surface area contributed by atoms with E-state index in [1.165, 1.54) is 6.07 Å². The molecular formula is C19H22N2O4S. The second-order valence-electron chi connectivity index (χ2n) is 7.10. The molecule has 1 heterocycles. The van der Waals surface area contributed by atoms with Gasteiger partial charge >= 0.3 is 0 Å². The second kappa shape index (κ2) is 6.32. The van der Waals surface area contributed by atoms with Gasteiger partial charge in [0.05, 0.1) is 17.7 Å². The van der Waals surface area contributed by atoms with Crippen molar-refractivity contribution < 1.29 is 17.9 Å². The van der Waals surface area contributed by atoms with Crippen LogP contribution in [-0.2, 0) is 20.2 Å². The Bertz CT molecular complexity index is 981. The molecule has 0 bridgehead atoms. The molecule has 2 aromatic rings. The number of hydrogen-bond acceptors (Lipinski definition) is 4. The number of nitrogens with one attached hydrogen (secondary N) is 2. The van der Waals surface area contributed by atoms with Gasteiger partial charge < -0.3 is 10.1 Å². The van der Waals surface area contributed by atoms with Crippen LogP contribution in [0.25, 0.3) is 0 Å². The van der Waals surface area contributed by atoms with Crippen LogP contribution in [0.2, 0.25) is 0 Å². The average molecular weight is 374 g/mol. The van der Waals surface area contributed by atoms with Crippen LogP contribution in [-0.4, -0.2) is 21.4 Å². The lowest BCUT2D eigenvalue weighted by molar-refractivity contribution is -0.117. The Kier molecular flexibility index (Phi) is 4.44. The van der Waals surface area contributed by atoms with Gasteiger partial charge in [-0.25, -0.2) is 8.42 Å². The zero-order chi connectivity index (χ0) is 19.1. The molecule has 138 valence electrons. The standard InChI is InChI=1S/C19H22N2O4S/c1-12-9-13(25-4)5-7-16(12)21-26(23,24)14-6-8-17-15(10-14)19(2,3)11-18(22)20-17/h5-10,21H,11H2,1-4H3,(H,20,22). The third-order valence-corrected chi connectivity index (χ3v) is 5.95. The molecule has 7 heteroatoms. The molecule has 1 aliphatic heterocycles. The molecule has 0 fully saturated rings. The van der Waals surface area contributed by atoms with Crippen molar-refractivity contribution in [3.63, 3.8) is 0 Å². The minimum atomic E-state index is -3.76. The number of rotatable bonds is 4. The molecule has 0 saturated heterocycles. The molecule has 1 amide bonds. The molecule has 0 aromatic heterocycles. The van der Waals surface area contributed by atoms with Gasteiger partial charge in [0.1, 0.15) is 5.75 Å². The first-order chi connectivity index (χ1) is 12.1. The first kappa shape index (κ1) is 18.3. The number of carbonyl (C=O) groups excluding carboxylic acids is 1. The maximum absolute atomic E-state index is 12.8. The Hall–Kier alpha value is -2.54. The number of anilines is 2. The smallest absolute Gasteiger partial charge is 0.261 e. The van der Waals surface area contributed by atoms with E-state index in [1.807, 2.05) is 20.8 Å². The number of fused-ring (bicyclic) bond motifs is 1. The number of carbonyl (C=O) groups is 1. The summed E-state index contributed by atoms with van der Waals surface area (Å²) in [5.41, 5.74) is 2.30. The number of amides is 1. The van der Waals surface area contributed by atoms with Crippen molar-refractivity contribution in [3.8, 4) is 5.75 Å². The van der Waals surface area contributed by atoms with Gasteiger partial charge in [-0.1, -0.05) is 13.8 Å². The highest BCUT2D eigenvalue weighted by Gasteiger charge is 2.33. The second-order valence-corrected chi connectivity index (χ2v) is 8.78. The van der Waals surface area contributed by atoms with Gasteiger partial charge in [0.2, 0.25) is 5.91 Å². The van der Waals surface area contributed by atoms with E-state index in [9.17, 15) is 13.2 Å². The van der Waals surface area contributed by atoms with Gasteiger partial charge in [-0.2, -0.15) is 0 Å². The molecule has 26 heavy (non-hydrogen) atoms. The van der Waals surface area contributed by atoms with Gasteiger partial charge in [-0.3, -0.25) is 9.52 Å². The van der Waals surface area contributed by atoms with E-state index in [0.717, 1.165) is 11.1 Å². The van der Waals surface area contributed by atoms with Crippen LogP contribution < -0.4 is 14.8 Å². The monoisotopic (exact) mass is 374 g/mol. The zero-order valence-electron chi connectivity index (χ0n) is 15.2. The molecular weight excluding hydrogens is 352 g/mol. The van der Waals surface area contributed by atoms with Crippen LogP contribution in [0.1, 0.15) is 31.4 Å². The van der Waals surface area contributed by atoms with Crippen LogP contribution in [0.3, 0.4) is 0 Å². The van der Waals surface area contributed by atoms with Crippen molar-refractivity contribution in [1.29, 1.82) is 0 Å². The molecule has 0 spiro atoms. The number of benzene rings is 2. The van der Waals surface area contributed by atoms with E-state index >= 15 is 0 Å². The van der Waals surface area contributed by atoms with Crippen LogP contribution in [0.5, 0.6) is 5.75 Å². The van der Waals surface area contributed by atoms with Gasteiger partial charge in [-0.15, -0.1) is 0 Å². The van der Waals surface area contributed by atoms with Crippen LogP contribution in [0.15, 0.2) is 41.3 Å². The molecule has 2 N–H and O–H groups in total. The van der Waals surface area contributed by atoms with Gasteiger partial charge in [0.15, 0.2) is 0 Å². The highest BCUT2D eigenvalue weighted by atomic mass is 32.2. The third-order valence-electron chi connectivity index (χ3n) is 4.58. The van der Waals surface area contributed by atoms with E-state index < -0.39 is 15.4 Å². The zero-order valence-corrected chi connectivity index (χ0v) is 16.0. The van der Waals surface area contributed by atoms with Gasteiger partial charge in [0, 0.05) is 17.5 Å². The lowest BCUT2D eigenvalue weighted by atomic mass is 9.78. The number of ether oxygens (including phenoxy) is 1. The minimum Gasteiger partial charge on any atom is -0.497 e. The van der Waals surface area contributed by atoms with E-state index in [2.05, 4.69) is 10.0 Å². The molecule has 0 atom stereocenters. The molecule has 0 aliphatic carbocycles. The maximum atomic E-state index is 12.8. The number of aryl methyl sites for hydroxylation is 1.